The van der Waals surface area contributed by atoms with Crippen molar-refractivity contribution >= 4 is 108 Å². The summed E-state index contributed by atoms with van der Waals surface area (Å²) in [5.41, 5.74) is 9.60. The van der Waals surface area contributed by atoms with Crippen LogP contribution in [0.4, 0.5) is 0 Å². The van der Waals surface area contributed by atoms with Gasteiger partial charge in [0.1, 0.15) is 0 Å². The molecule has 0 bridgehead atoms. The fraction of sp³-hybridized carbons (Fsp3) is 0. The maximum absolute atomic E-state index is 5.45. The van der Waals surface area contributed by atoms with E-state index < -0.39 is 0 Å². The van der Waals surface area contributed by atoms with Gasteiger partial charge in [-0.05, 0) is 131 Å². The molecule has 0 aliphatic rings. The lowest BCUT2D eigenvalue weighted by molar-refractivity contribution is 1.08. The molecular formula is C69H41N5. The molecule has 0 saturated carbocycles. The summed E-state index contributed by atoms with van der Waals surface area (Å²) in [5.74, 6) is 1.86. The predicted octanol–water partition coefficient (Wildman–Crippen LogP) is 18.0. The number of fused-ring (bicyclic) bond motifs is 14. The summed E-state index contributed by atoms with van der Waals surface area (Å²) >= 11 is 0. The van der Waals surface area contributed by atoms with Gasteiger partial charge in [0.2, 0.25) is 0 Å². The van der Waals surface area contributed by atoms with Gasteiger partial charge in [0.05, 0.1) is 22.1 Å². The van der Waals surface area contributed by atoms with E-state index in [1.807, 2.05) is 0 Å². The molecule has 13 aromatic carbocycles. The Morgan fingerprint density at radius 1 is 0.230 bits per heavy atom. The van der Waals surface area contributed by atoms with Crippen LogP contribution in [0.2, 0.25) is 0 Å². The van der Waals surface area contributed by atoms with Gasteiger partial charge in [-0.3, -0.25) is 0 Å². The van der Waals surface area contributed by atoms with Gasteiger partial charge in [-0.15, -0.1) is 0 Å². The van der Waals surface area contributed by atoms with Crippen molar-refractivity contribution in [2.45, 2.75) is 0 Å². The third-order valence-corrected chi connectivity index (χ3v) is 15.4. The molecule has 0 aliphatic carbocycles. The number of hydrogen-bond acceptors (Lipinski definition) is 3. The van der Waals surface area contributed by atoms with Gasteiger partial charge >= 0.3 is 0 Å². The van der Waals surface area contributed by atoms with Crippen molar-refractivity contribution in [3.63, 3.8) is 0 Å². The van der Waals surface area contributed by atoms with Gasteiger partial charge in [-0.1, -0.05) is 182 Å². The number of rotatable bonds is 5. The summed E-state index contributed by atoms with van der Waals surface area (Å²) in [6.07, 6.45) is 0. The molecule has 342 valence electrons. The van der Waals surface area contributed by atoms with Crippen LogP contribution in [0.1, 0.15) is 0 Å². The smallest absolute Gasteiger partial charge is 0.164 e. The lowest BCUT2D eigenvalue weighted by Gasteiger charge is -2.15. The van der Waals surface area contributed by atoms with E-state index >= 15 is 0 Å². The van der Waals surface area contributed by atoms with Gasteiger partial charge in [0.15, 0.2) is 17.5 Å². The van der Waals surface area contributed by atoms with Crippen LogP contribution in [-0.2, 0) is 0 Å². The topological polar surface area (TPSA) is 48.5 Å². The minimum atomic E-state index is 0.615. The van der Waals surface area contributed by atoms with Crippen molar-refractivity contribution in [2.75, 3.05) is 0 Å². The number of para-hydroxylation sites is 2. The highest BCUT2D eigenvalue weighted by molar-refractivity contribution is 6.22. The molecule has 0 amide bonds. The summed E-state index contributed by atoms with van der Waals surface area (Å²) in [4.78, 5) is 16.2. The lowest BCUT2D eigenvalue weighted by atomic mass is 9.99. The van der Waals surface area contributed by atoms with Crippen LogP contribution in [-0.4, -0.2) is 24.1 Å². The Hall–Kier alpha value is -9.97. The van der Waals surface area contributed by atoms with E-state index in [4.69, 9.17) is 15.0 Å². The molecular weight excluding hydrogens is 899 g/mol. The quantitative estimate of drug-likeness (QED) is 0.162. The first-order valence-corrected chi connectivity index (χ1v) is 25.2. The first-order valence-electron chi connectivity index (χ1n) is 25.2. The molecule has 0 radical (unpaired) electrons. The molecule has 0 aliphatic heterocycles. The first-order chi connectivity index (χ1) is 36.6. The second-order valence-electron chi connectivity index (χ2n) is 19.6. The van der Waals surface area contributed by atoms with Gasteiger partial charge in [-0.2, -0.15) is 0 Å². The first kappa shape index (κ1) is 40.7. The highest BCUT2D eigenvalue weighted by atomic mass is 15.0. The number of aromatic nitrogens is 5. The fourth-order valence-corrected chi connectivity index (χ4v) is 12.0. The van der Waals surface area contributed by atoms with E-state index in [1.165, 1.54) is 70.3 Å². The van der Waals surface area contributed by atoms with Crippen molar-refractivity contribution in [3.05, 3.63) is 249 Å². The average molecular weight is 940 g/mol. The summed E-state index contributed by atoms with van der Waals surface area (Å²) in [6.45, 7) is 0. The molecule has 0 fully saturated rings. The summed E-state index contributed by atoms with van der Waals surface area (Å²) in [7, 11) is 0. The highest BCUT2D eigenvalue weighted by Crippen LogP contribution is 2.41. The average Bonchev–Trinajstić information content (AvgIpc) is 3.99. The van der Waals surface area contributed by atoms with E-state index in [0.29, 0.717) is 17.5 Å². The maximum atomic E-state index is 5.45. The molecule has 16 aromatic rings. The molecule has 0 N–H and O–H groups in total. The zero-order valence-corrected chi connectivity index (χ0v) is 39.9. The van der Waals surface area contributed by atoms with Crippen LogP contribution in [0.3, 0.4) is 0 Å². The standard InChI is InChI=1S/C69H41N5/c1-2-16-46-35-49(29-25-42(46)13-1)67-70-68(50-30-28-45-27-26-43-14-3-6-18-54(43)59(45)39-50)72-69(71-67)61-41-53(36-48-17-5-7-19-55(48)61)74-62-23-11-9-21-57(62)60-38-47-31-33-52(37-51(47)40-65(60)74)73-63-24-12-10-22-58(63)66-56-20-8-4-15-44(56)32-34-64(66)73/h1-41H. The fourth-order valence-electron chi connectivity index (χ4n) is 12.0. The van der Waals surface area contributed by atoms with Crippen LogP contribution < -0.4 is 0 Å². The third-order valence-electron chi connectivity index (χ3n) is 15.4. The van der Waals surface area contributed by atoms with Crippen LogP contribution in [0, 0.1) is 0 Å². The number of hydrogen-bond donors (Lipinski definition) is 0. The van der Waals surface area contributed by atoms with E-state index in [-0.39, 0.29) is 0 Å². The van der Waals surface area contributed by atoms with Gasteiger partial charge in [0.25, 0.3) is 0 Å². The van der Waals surface area contributed by atoms with Crippen molar-refractivity contribution in [1.29, 1.82) is 0 Å². The van der Waals surface area contributed by atoms with Crippen molar-refractivity contribution in [3.8, 4) is 45.5 Å². The Bertz CT molecular complexity index is 5040. The van der Waals surface area contributed by atoms with E-state index in [9.17, 15) is 0 Å². The molecule has 0 atom stereocenters. The predicted molar refractivity (Wildman–Crippen MR) is 310 cm³/mol. The third kappa shape index (κ3) is 6.20. The Morgan fingerprint density at radius 2 is 0.743 bits per heavy atom. The summed E-state index contributed by atoms with van der Waals surface area (Å²) in [6, 6.07) is 90.2. The van der Waals surface area contributed by atoms with E-state index in [1.54, 1.807) is 0 Å². The Kier molecular flexibility index (Phi) is 8.68. The summed E-state index contributed by atoms with van der Waals surface area (Å²) < 4.78 is 4.86. The maximum Gasteiger partial charge on any atom is 0.164 e. The molecule has 0 spiro atoms. The molecule has 16 rings (SSSR count). The molecule has 74 heavy (non-hydrogen) atoms. The Balaban J connectivity index is 0.923. The molecule has 3 aromatic heterocycles. The second kappa shape index (κ2) is 15.8. The van der Waals surface area contributed by atoms with Gasteiger partial charge < -0.3 is 9.13 Å². The van der Waals surface area contributed by atoms with Crippen LogP contribution in [0.5, 0.6) is 0 Å². The molecule has 5 heteroatoms. The minimum Gasteiger partial charge on any atom is -0.309 e. The molecule has 3 heterocycles. The summed E-state index contributed by atoms with van der Waals surface area (Å²) in [5, 5.41) is 19.0. The number of benzene rings is 13. The van der Waals surface area contributed by atoms with E-state index in [0.717, 1.165) is 66.0 Å². The second-order valence-corrected chi connectivity index (χ2v) is 19.6. The van der Waals surface area contributed by atoms with Crippen LogP contribution >= 0.6 is 0 Å². The monoisotopic (exact) mass is 939 g/mol. The minimum absolute atomic E-state index is 0.615. The highest BCUT2D eigenvalue weighted by Gasteiger charge is 2.21. The molecule has 0 saturated heterocycles. The zero-order chi connectivity index (χ0) is 48.4. The zero-order valence-electron chi connectivity index (χ0n) is 39.9. The van der Waals surface area contributed by atoms with E-state index in [2.05, 4.69) is 258 Å². The Morgan fingerprint density at radius 3 is 1.54 bits per heavy atom. The van der Waals surface area contributed by atoms with Crippen LogP contribution in [0.15, 0.2) is 249 Å². The van der Waals surface area contributed by atoms with Crippen molar-refractivity contribution < 1.29 is 0 Å². The number of nitrogens with zero attached hydrogens (tertiary/aromatic N) is 5. The SMILES string of the molecule is c1ccc2cc(-c3nc(-c4ccc5ccc6ccccc6c5c4)nc(-c4cc(-n5c6ccccc6c6cc7ccc(-n8c9ccccc9c9c%10ccccc%10ccc98)cc7cc65)cc5ccccc45)n3)ccc2c1. The van der Waals surface area contributed by atoms with Gasteiger partial charge in [-0.25, -0.2) is 15.0 Å². The Labute approximate surface area is 424 Å². The van der Waals surface area contributed by atoms with Crippen LogP contribution in [0.25, 0.3) is 154 Å². The lowest BCUT2D eigenvalue weighted by Crippen LogP contribution is -2.02. The van der Waals surface area contributed by atoms with Crippen molar-refractivity contribution in [2.24, 2.45) is 0 Å². The van der Waals surface area contributed by atoms with Crippen molar-refractivity contribution in [1.82, 2.24) is 24.1 Å². The molecule has 5 nitrogen and oxygen atoms in total. The normalized spacial score (nSPS) is 12.1. The largest absolute Gasteiger partial charge is 0.309 e. The molecule has 0 unspecified atom stereocenters. The van der Waals surface area contributed by atoms with Gasteiger partial charge in [0, 0.05) is 49.6 Å².